The van der Waals surface area contributed by atoms with Gasteiger partial charge in [-0.3, -0.25) is 5.41 Å². The third kappa shape index (κ3) is 3.91. The maximum atomic E-state index is 9.14. The Kier molecular flexibility index (Phi) is 4.61. The zero-order valence-corrected chi connectivity index (χ0v) is 9.00. The van der Waals surface area contributed by atoms with Crippen LogP contribution in [0.25, 0.3) is 0 Å². The number of nitrogen functional groups attached to an aromatic ring is 1. The van der Waals surface area contributed by atoms with Gasteiger partial charge in [-0.15, -0.1) is 11.8 Å². The van der Waals surface area contributed by atoms with Gasteiger partial charge < -0.3 is 15.9 Å². The Hall–Kier alpha value is -1.04. The molecule has 0 aliphatic heterocycles. The van der Waals surface area contributed by atoms with Gasteiger partial charge in [-0.2, -0.15) is 0 Å². The van der Waals surface area contributed by atoms with E-state index in [0.717, 1.165) is 4.90 Å². The Bertz CT molecular complexity index is 327. The number of rotatable bonds is 5. The summed E-state index contributed by atoms with van der Waals surface area (Å²) in [5, 5.41) is 25.0. The van der Waals surface area contributed by atoms with Crippen molar-refractivity contribution in [2.45, 2.75) is 11.0 Å². The molecule has 4 nitrogen and oxygen atoms in total. The lowest BCUT2D eigenvalue weighted by Gasteiger charge is -2.06. The standard InChI is InChI=1S/C10H14N2O2S/c11-10(12)7-1-3-9(4-2-7)15-6-8(14)5-13/h1-4,8,13-14H,5-6H2,(H3,11,12). The summed E-state index contributed by atoms with van der Waals surface area (Å²) in [6, 6.07) is 7.20. The second-order valence-electron chi connectivity index (χ2n) is 3.09. The summed E-state index contributed by atoms with van der Waals surface area (Å²) in [5.74, 6) is 0.498. The second-order valence-corrected chi connectivity index (χ2v) is 4.18. The first kappa shape index (κ1) is 12.0. The van der Waals surface area contributed by atoms with Gasteiger partial charge in [0.25, 0.3) is 0 Å². The molecule has 0 heterocycles. The van der Waals surface area contributed by atoms with E-state index in [2.05, 4.69) is 0 Å². The van der Waals surface area contributed by atoms with Crippen molar-refractivity contribution >= 4 is 17.6 Å². The fraction of sp³-hybridized carbons (Fsp3) is 0.300. The summed E-state index contributed by atoms with van der Waals surface area (Å²) >= 11 is 1.45. The van der Waals surface area contributed by atoms with Crippen molar-refractivity contribution in [3.63, 3.8) is 0 Å². The van der Waals surface area contributed by atoms with Crippen molar-refractivity contribution in [3.8, 4) is 0 Å². The van der Waals surface area contributed by atoms with Crippen LogP contribution >= 0.6 is 11.8 Å². The number of nitrogens with two attached hydrogens (primary N) is 1. The molecule has 0 spiro atoms. The van der Waals surface area contributed by atoms with Gasteiger partial charge in [-0.05, 0) is 12.1 Å². The summed E-state index contributed by atoms with van der Waals surface area (Å²) in [6.07, 6.45) is -0.692. The van der Waals surface area contributed by atoms with Crippen molar-refractivity contribution in [2.24, 2.45) is 5.73 Å². The highest BCUT2D eigenvalue weighted by molar-refractivity contribution is 7.99. The maximum absolute atomic E-state index is 9.14. The van der Waals surface area contributed by atoms with Gasteiger partial charge >= 0.3 is 0 Å². The highest BCUT2D eigenvalue weighted by Gasteiger charge is 2.03. The minimum atomic E-state index is -0.692. The first-order chi connectivity index (χ1) is 7.13. The predicted octanol–water partition coefficient (Wildman–Crippen LogP) is 0.416. The first-order valence-electron chi connectivity index (χ1n) is 4.49. The molecule has 0 radical (unpaired) electrons. The third-order valence-corrected chi connectivity index (χ3v) is 2.98. The van der Waals surface area contributed by atoms with E-state index in [0.29, 0.717) is 11.3 Å². The maximum Gasteiger partial charge on any atom is 0.122 e. The molecule has 15 heavy (non-hydrogen) atoms. The normalized spacial score (nSPS) is 12.4. The molecule has 0 amide bonds. The molecule has 1 atom stereocenters. The summed E-state index contributed by atoms with van der Waals surface area (Å²) in [7, 11) is 0. The van der Waals surface area contributed by atoms with Crippen molar-refractivity contribution in [1.82, 2.24) is 0 Å². The molecular formula is C10H14N2O2S. The fourth-order valence-corrected chi connectivity index (χ4v) is 1.79. The quantitative estimate of drug-likeness (QED) is 0.333. The number of nitrogens with one attached hydrogen (secondary N) is 1. The van der Waals surface area contributed by atoms with Crippen molar-refractivity contribution in [2.75, 3.05) is 12.4 Å². The zero-order valence-electron chi connectivity index (χ0n) is 8.18. The highest BCUT2D eigenvalue weighted by atomic mass is 32.2. The van der Waals surface area contributed by atoms with Crippen LogP contribution in [0, 0.1) is 5.41 Å². The smallest absolute Gasteiger partial charge is 0.122 e. The average Bonchev–Trinajstić information content (AvgIpc) is 2.26. The number of aliphatic hydroxyl groups is 2. The van der Waals surface area contributed by atoms with E-state index in [1.54, 1.807) is 12.1 Å². The molecular weight excluding hydrogens is 212 g/mol. The second kappa shape index (κ2) is 5.75. The van der Waals surface area contributed by atoms with Gasteiger partial charge in [0.1, 0.15) is 5.84 Å². The molecule has 82 valence electrons. The van der Waals surface area contributed by atoms with Crippen LogP contribution in [0.5, 0.6) is 0 Å². The monoisotopic (exact) mass is 226 g/mol. The molecule has 1 rings (SSSR count). The van der Waals surface area contributed by atoms with E-state index in [1.165, 1.54) is 11.8 Å². The van der Waals surface area contributed by atoms with Crippen molar-refractivity contribution in [3.05, 3.63) is 29.8 Å². The van der Waals surface area contributed by atoms with Crippen LogP contribution in [0.1, 0.15) is 5.56 Å². The zero-order chi connectivity index (χ0) is 11.3. The summed E-state index contributed by atoms with van der Waals surface area (Å²) in [6.45, 7) is -0.224. The average molecular weight is 226 g/mol. The molecule has 1 unspecified atom stereocenters. The van der Waals surface area contributed by atoms with E-state index >= 15 is 0 Å². The Morgan fingerprint density at radius 1 is 1.40 bits per heavy atom. The summed E-state index contributed by atoms with van der Waals surface area (Å²) in [4.78, 5) is 0.979. The topological polar surface area (TPSA) is 90.3 Å². The van der Waals surface area contributed by atoms with E-state index in [-0.39, 0.29) is 12.4 Å². The van der Waals surface area contributed by atoms with Gasteiger partial charge in [-0.1, -0.05) is 12.1 Å². The van der Waals surface area contributed by atoms with E-state index in [9.17, 15) is 0 Å². The van der Waals surface area contributed by atoms with E-state index < -0.39 is 6.10 Å². The van der Waals surface area contributed by atoms with Gasteiger partial charge in [0.2, 0.25) is 0 Å². The lowest BCUT2D eigenvalue weighted by atomic mass is 10.2. The molecule has 1 aromatic carbocycles. The molecule has 0 aliphatic carbocycles. The number of hydrogen-bond acceptors (Lipinski definition) is 4. The van der Waals surface area contributed by atoms with Crippen LogP contribution in [-0.2, 0) is 0 Å². The minimum Gasteiger partial charge on any atom is -0.394 e. The van der Waals surface area contributed by atoms with Crippen LogP contribution in [0.3, 0.4) is 0 Å². The Labute approximate surface area is 92.6 Å². The summed E-state index contributed by atoms with van der Waals surface area (Å²) < 4.78 is 0. The lowest BCUT2D eigenvalue weighted by molar-refractivity contribution is 0.113. The van der Waals surface area contributed by atoms with Crippen LogP contribution < -0.4 is 5.73 Å². The van der Waals surface area contributed by atoms with Gasteiger partial charge in [0.05, 0.1) is 12.7 Å². The number of amidine groups is 1. The molecule has 0 saturated carbocycles. The van der Waals surface area contributed by atoms with Gasteiger partial charge in [0.15, 0.2) is 0 Å². The molecule has 0 bridgehead atoms. The lowest BCUT2D eigenvalue weighted by Crippen LogP contribution is -2.14. The Balaban J connectivity index is 2.53. The van der Waals surface area contributed by atoms with Crippen LogP contribution in [0.4, 0.5) is 0 Å². The van der Waals surface area contributed by atoms with Gasteiger partial charge in [-0.25, -0.2) is 0 Å². The Morgan fingerprint density at radius 3 is 2.47 bits per heavy atom. The number of hydrogen-bond donors (Lipinski definition) is 4. The van der Waals surface area contributed by atoms with Crippen LogP contribution in [0.15, 0.2) is 29.2 Å². The SMILES string of the molecule is N=C(N)c1ccc(SCC(O)CO)cc1. The molecule has 1 aromatic rings. The fourth-order valence-electron chi connectivity index (χ4n) is 0.976. The molecule has 0 saturated heterocycles. The number of benzene rings is 1. The summed E-state index contributed by atoms with van der Waals surface area (Å²) in [5.41, 5.74) is 5.99. The van der Waals surface area contributed by atoms with Crippen molar-refractivity contribution < 1.29 is 10.2 Å². The Morgan fingerprint density at radius 2 is 2.00 bits per heavy atom. The van der Waals surface area contributed by atoms with Crippen LogP contribution in [-0.4, -0.2) is 34.5 Å². The van der Waals surface area contributed by atoms with E-state index in [1.807, 2.05) is 12.1 Å². The molecule has 0 aromatic heterocycles. The number of thioether (sulfide) groups is 1. The molecule has 0 fully saturated rings. The minimum absolute atomic E-state index is 0.0435. The first-order valence-corrected chi connectivity index (χ1v) is 5.48. The third-order valence-electron chi connectivity index (χ3n) is 1.82. The van der Waals surface area contributed by atoms with Crippen LogP contribution in [0.2, 0.25) is 0 Å². The number of aliphatic hydroxyl groups excluding tert-OH is 2. The highest BCUT2D eigenvalue weighted by Crippen LogP contribution is 2.19. The van der Waals surface area contributed by atoms with E-state index in [4.69, 9.17) is 21.4 Å². The predicted molar refractivity (Wildman–Crippen MR) is 61.3 cm³/mol. The molecule has 5 heteroatoms. The largest absolute Gasteiger partial charge is 0.394 e. The molecule has 0 aliphatic rings. The van der Waals surface area contributed by atoms with Gasteiger partial charge in [0, 0.05) is 16.2 Å². The molecule has 5 N–H and O–H groups in total. The van der Waals surface area contributed by atoms with Crippen molar-refractivity contribution in [1.29, 1.82) is 5.41 Å².